The van der Waals surface area contributed by atoms with E-state index < -0.39 is 5.97 Å². The van der Waals surface area contributed by atoms with Crippen LogP contribution in [0.1, 0.15) is 10.4 Å². The number of hydrogen-bond acceptors (Lipinski definition) is 3. The van der Waals surface area contributed by atoms with Gasteiger partial charge in [-0.15, -0.1) is 0 Å². The maximum Gasteiger partial charge on any atom is 0.335 e. The molecule has 0 aliphatic rings. The molecule has 3 nitrogen and oxygen atoms in total. The summed E-state index contributed by atoms with van der Waals surface area (Å²) in [5.74, 6) is 1.90. The average Bonchev–Trinajstić information content (AvgIpc) is 2.09. The number of benzene rings is 1. The minimum atomic E-state index is -0.931. The van der Waals surface area contributed by atoms with Gasteiger partial charge >= 0.3 is 5.97 Å². The number of hydrogen-bond donors (Lipinski definition) is 2. The van der Waals surface area contributed by atoms with Crippen molar-refractivity contribution in [2.75, 3.05) is 5.73 Å². The van der Waals surface area contributed by atoms with E-state index in [4.69, 9.17) is 10.8 Å². The number of thiocarbonyl (C=S) groups is 1. The Morgan fingerprint density at radius 3 is 2.08 bits per heavy atom. The molecule has 0 atom stereocenters. The third kappa shape index (κ3) is 3.12. The van der Waals surface area contributed by atoms with Gasteiger partial charge in [0.25, 0.3) is 0 Å². The van der Waals surface area contributed by atoms with Crippen LogP contribution in [0.4, 0.5) is 5.69 Å². The molecule has 0 spiro atoms. The van der Waals surface area contributed by atoms with Crippen molar-refractivity contribution >= 4 is 29.7 Å². The van der Waals surface area contributed by atoms with Crippen LogP contribution in [0.5, 0.6) is 0 Å². The zero-order valence-corrected chi connectivity index (χ0v) is 7.17. The van der Waals surface area contributed by atoms with Gasteiger partial charge in [0.2, 0.25) is 0 Å². The lowest BCUT2D eigenvalue weighted by molar-refractivity contribution is 0.0697. The Labute approximate surface area is 75.8 Å². The first kappa shape index (κ1) is 10.6. The number of aromatic carboxylic acids is 1. The van der Waals surface area contributed by atoms with Crippen LogP contribution in [0.3, 0.4) is 0 Å². The molecule has 1 rings (SSSR count). The summed E-state index contributed by atoms with van der Waals surface area (Å²) < 4.78 is 0. The lowest BCUT2D eigenvalue weighted by Crippen LogP contribution is -1.95. The molecule has 0 aromatic heterocycles. The zero-order valence-electron chi connectivity index (χ0n) is 6.36. The summed E-state index contributed by atoms with van der Waals surface area (Å²) >= 11 is 3.83. The first-order chi connectivity index (χ1) is 5.70. The van der Waals surface area contributed by atoms with Crippen LogP contribution >= 0.6 is 12.2 Å². The molecule has 0 saturated carbocycles. The van der Waals surface area contributed by atoms with E-state index >= 15 is 0 Å². The molecule has 0 fully saturated rings. The quantitative estimate of drug-likeness (QED) is 0.512. The van der Waals surface area contributed by atoms with Gasteiger partial charge in [-0.05, 0) is 30.1 Å². The third-order valence-electron chi connectivity index (χ3n) is 1.16. The Balaban J connectivity index is 0.000000561. The highest BCUT2D eigenvalue weighted by atomic mass is 32.1. The molecule has 0 aliphatic carbocycles. The van der Waals surface area contributed by atoms with E-state index in [-0.39, 0.29) is 5.56 Å². The summed E-state index contributed by atoms with van der Waals surface area (Å²) in [7, 11) is 0. The number of rotatable bonds is 1. The fourth-order valence-corrected chi connectivity index (χ4v) is 0.626. The van der Waals surface area contributed by atoms with Crippen LogP contribution in [0, 0.1) is 0 Å². The molecule has 0 saturated heterocycles. The van der Waals surface area contributed by atoms with Crippen LogP contribution in [0.15, 0.2) is 24.3 Å². The van der Waals surface area contributed by atoms with Crippen molar-refractivity contribution in [1.82, 2.24) is 0 Å². The van der Waals surface area contributed by atoms with Gasteiger partial charge in [-0.1, -0.05) is 12.2 Å². The summed E-state index contributed by atoms with van der Waals surface area (Å²) in [5, 5.41) is 8.43. The first-order valence-corrected chi connectivity index (χ1v) is 3.65. The number of nitrogens with two attached hydrogens (primary N) is 1. The van der Waals surface area contributed by atoms with Crippen molar-refractivity contribution in [3.8, 4) is 0 Å². The Morgan fingerprint density at radius 2 is 1.75 bits per heavy atom. The zero-order chi connectivity index (χ0) is 9.56. The lowest BCUT2D eigenvalue weighted by atomic mass is 10.2. The van der Waals surface area contributed by atoms with E-state index in [1.165, 1.54) is 12.1 Å². The summed E-state index contributed by atoms with van der Waals surface area (Å²) in [5.41, 5.74) is 6.17. The van der Waals surface area contributed by atoms with Gasteiger partial charge in [0.15, 0.2) is 0 Å². The van der Waals surface area contributed by atoms with E-state index in [1.54, 1.807) is 12.1 Å². The minimum absolute atomic E-state index is 0.259. The van der Waals surface area contributed by atoms with Crippen LogP contribution in [0.2, 0.25) is 0 Å². The van der Waals surface area contributed by atoms with Gasteiger partial charge in [0.05, 0.1) is 5.56 Å². The van der Waals surface area contributed by atoms with E-state index in [9.17, 15) is 4.79 Å². The highest BCUT2D eigenvalue weighted by Gasteiger charge is 1.98. The SMILES string of the molecule is C=S.Nc1ccc(C(=O)O)cc1. The van der Waals surface area contributed by atoms with Crippen LogP contribution in [-0.2, 0) is 0 Å². The lowest BCUT2D eigenvalue weighted by Gasteiger charge is -1.93. The Morgan fingerprint density at radius 1 is 1.33 bits per heavy atom. The summed E-state index contributed by atoms with van der Waals surface area (Å²) in [6.45, 7) is 0. The van der Waals surface area contributed by atoms with Crippen molar-refractivity contribution in [1.29, 1.82) is 0 Å². The topological polar surface area (TPSA) is 63.3 Å². The van der Waals surface area contributed by atoms with E-state index in [0.29, 0.717) is 5.69 Å². The Hall–Kier alpha value is -1.42. The maximum absolute atomic E-state index is 10.3. The van der Waals surface area contributed by atoms with Gasteiger partial charge in [-0.2, -0.15) is 0 Å². The van der Waals surface area contributed by atoms with Crippen molar-refractivity contribution in [3.63, 3.8) is 0 Å². The normalized spacial score (nSPS) is 8.00. The maximum atomic E-state index is 10.3. The van der Waals surface area contributed by atoms with Crippen molar-refractivity contribution < 1.29 is 9.90 Å². The number of carboxylic acids is 1. The molecule has 64 valence electrons. The fourth-order valence-electron chi connectivity index (χ4n) is 0.626. The average molecular weight is 183 g/mol. The molecule has 0 aliphatic heterocycles. The predicted molar refractivity (Wildman–Crippen MR) is 52.5 cm³/mol. The predicted octanol–water partition coefficient (Wildman–Crippen LogP) is 1.58. The number of carbonyl (C=O) groups is 1. The monoisotopic (exact) mass is 183 g/mol. The summed E-state index contributed by atoms with van der Waals surface area (Å²) in [4.78, 5) is 10.3. The fraction of sp³-hybridized carbons (Fsp3) is 0. The van der Waals surface area contributed by atoms with Gasteiger partial charge < -0.3 is 10.8 Å². The molecular formula is C8H9NO2S. The van der Waals surface area contributed by atoms with E-state index in [2.05, 4.69) is 18.1 Å². The largest absolute Gasteiger partial charge is 0.478 e. The molecule has 0 unspecified atom stereocenters. The van der Waals surface area contributed by atoms with Gasteiger partial charge in [0.1, 0.15) is 0 Å². The molecule has 0 heterocycles. The van der Waals surface area contributed by atoms with Gasteiger partial charge in [0, 0.05) is 5.69 Å². The number of anilines is 1. The molecule has 0 radical (unpaired) electrons. The van der Waals surface area contributed by atoms with Crippen molar-refractivity contribution in [3.05, 3.63) is 29.8 Å². The smallest absolute Gasteiger partial charge is 0.335 e. The molecule has 1 aromatic carbocycles. The van der Waals surface area contributed by atoms with Gasteiger partial charge in [-0.3, -0.25) is 0 Å². The molecular weight excluding hydrogens is 174 g/mol. The standard InChI is InChI=1S/C7H7NO2.CH2S/c8-6-3-1-5(2-4-6)7(9)10;1-2/h1-4H,8H2,(H,9,10);1H2. The summed E-state index contributed by atoms with van der Waals surface area (Å²) in [6, 6.07) is 6.06. The Bertz CT molecular complexity index is 258. The molecule has 4 heteroatoms. The number of nitrogen functional groups attached to an aromatic ring is 1. The highest BCUT2D eigenvalue weighted by Crippen LogP contribution is 2.04. The Kier molecular flexibility index (Phi) is 4.64. The second-order valence-corrected chi connectivity index (χ2v) is 1.93. The number of carboxylic acid groups (broad SMARTS) is 1. The molecule has 12 heavy (non-hydrogen) atoms. The molecule has 3 N–H and O–H groups in total. The van der Waals surface area contributed by atoms with Crippen molar-refractivity contribution in [2.45, 2.75) is 0 Å². The second-order valence-electron chi connectivity index (χ2n) is 1.93. The second kappa shape index (κ2) is 5.26. The summed E-state index contributed by atoms with van der Waals surface area (Å²) in [6.07, 6.45) is 0. The molecule has 1 aromatic rings. The van der Waals surface area contributed by atoms with Crippen LogP contribution < -0.4 is 5.73 Å². The van der Waals surface area contributed by atoms with Gasteiger partial charge in [-0.25, -0.2) is 4.79 Å². The van der Waals surface area contributed by atoms with Crippen molar-refractivity contribution in [2.24, 2.45) is 0 Å². The van der Waals surface area contributed by atoms with Crippen LogP contribution in [-0.4, -0.2) is 16.9 Å². The highest BCUT2D eigenvalue weighted by molar-refractivity contribution is 7.77. The molecule has 0 bridgehead atoms. The first-order valence-electron chi connectivity index (χ1n) is 3.08. The van der Waals surface area contributed by atoms with E-state index in [1.807, 2.05) is 0 Å². The minimum Gasteiger partial charge on any atom is -0.478 e. The molecule has 0 amide bonds. The van der Waals surface area contributed by atoms with Crippen LogP contribution in [0.25, 0.3) is 0 Å². The third-order valence-corrected chi connectivity index (χ3v) is 1.16. The van der Waals surface area contributed by atoms with E-state index in [0.717, 1.165) is 0 Å².